The Balaban J connectivity index is 0.903. The molecule has 0 saturated heterocycles. The molecule has 8 aromatic rings. The van der Waals surface area contributed by atoms with Gasteiger partial charge in [-0.25, -0.2) is 4.79 Å². The van der Waals surface area contributed by atoms with Crippen LogP contribution in [0.15, 0.2) is 170 Å². The number of fused-ring (bicyclic) bond motifs is 1. The predicted octanol–water partition coefficient (Wildman–Crippen LogP) is 29.5. The lowest BCUT2D eigenvalue weighted by Gasteiger charge is -2.17. The Morgan fingerprint density at radius 2 is 0.473 bits per heavy atom. The first kappa shape index (κ1) is 103. The van der Waals surface area contributed by atoms with Crippen LogP contribution in [0.3, 0.4) is 0 Å². The molecule has 1 aliphatic heterocycles. The number of benzene rings is 8. The average Bonchev–Trinajstić information content (AvgIpc) is 0.839. The third-order valence-electron chi connectivity index (χ3n) is 23.4. The van der Waals surface area contributed by atoms with E-state index in [1.807, 2.05) is 103 Å². The first-order valence-corrected chi connectivity index (χ1v) is 50.1. The van der Waals surface area contributed by atoms with Gasteiger partial charge in [-0.3, -0.25) is 0 Å². The Morgan fingerprint density at radius 3 is 0.791 bits per heavy atom. The molecule has 0 radical (unpaired) electrons. The molecule has 0 amide bonds. The number of carbonyl (C=O) groups excluding carboxylic acids is 1. The van der Waals surface area contributed by atoms with Gasteiger partial charge in [0.15, 0.2) is 34.5 Å². The van der Waals surface area contributed by atoms with E-state index in [1.165, 1.54) is 231 Å². The van der Waals surface area contributed by atoms with Gasteiger partial charge in [0.1, 0.15) is 94.0 Å². The van der Waals surface area contributed by atoms with E-state index in [0.717, 1.165) is 82.1 Å². The molecule has 0 bridgehead atoms. The lowest BCUT2D eigenvalue weighted by molar-refractivity contribution is 0.00708. The van der Waals surface area contributed by atoms with E-state index in [0.29, 0.717) is 137 Å². The topological polar surface area (TPSA) is 165 Å². The van der Waals surface area contributed by atoms with Crippen molar-refractivity contribution in [2.75, 3.05) is 79.3 Å². The highest BCUT2D eigenvalue weighted by Crippen LogP contribution is 2.36. The monoisotopic (exact) mass is 1780 g/mol. The molecule has 0 spiro atoms. The zero-order valence-corrected chi connectivity index (χ0v) is 79.3. The van der Waals surface area contributed by atoms with Crippen LogP contribution in [-0.4, -0.2) is 85.3 Å². The number of hydrogen-bond acceptors (Lipinski definition) is 17. The van der Waals surface area contributed by atoms with E-state index in [1.54, 1.807) is 18.2 Å². The summed E-state index contributed by atoms with van der Waals surface area (Å²) in [4.78, 5) is 14.6. The molecule has 1 aliphatic rings. The molecule has 17 nitrogen and oxygen atoms in total. The van der Waals surface area contributed by atoms with E-state index in [9.17, 15) is 4.79 Å². The minimum absolute atomic E-state index is 0.0742. The number of esters is 1. The van der Waals surface area contributed by atoms with Gasteiger partial charge in [0.2, 0.25) is 0 Å². The van der Waals surface area contributed by atoms with Crippen molar-refractivity contribution in [1.29, 1.82) is 0 Å². The summed E-state index contributed by atoms with van der Waals surface area (Å²) in [7, 11) is 0. The zero-order chi connectivity index (χ0) is 90.0. The van der Waals surface area contributed by atoms with E-state index in [2.05, 4.69) is 76.2 Å². The molecule has 708 valence electrons. The SMILES string of the molecule is CCCCCCCCCCCCOc1ccc(COc2ccc(COc3cc(OCc4ccc(OCc5ccc(OCCCCCCCCCCCC)cc5)c(OCc5ccc(OCCCCCCCCCCCC)cc5)c4)cc(C(=O)OCc4ccc5c(c4)OCCOCCOCCOCCO5)c3)cc2OCc2ccc(OCCCCCCCCCCCC)cc2)cc1. The van der Waals surface area contributed by atoms with Crippen LogP contribution in [0.1, 0.15) is 334 Å². The minimum atomic E-state index is -0.596. The van der Waals surface area contributed by atoms with Gasteiger partial charge < -0.3 is 75.8 Å². The highest BCUT2D eigenvalue weighted by atomic mass is 16.6. The van der Waals surface area contributed by atoms with Gasteiger partial charge in [-0.2, -0.15) is 0 Å². The molecule has 1 heterocycles. The van der Waals surface area contributed by atoms with Crippen molar-refractivity contribution in [1.82, 2.24) is 0 Å². The molecule has 9 rings (SSSR count). The highest BCUT2D eigenvalue weighted by Gasteiger charge is 2.19. The Labute approximate surface area is 775 Å². The molecule has 0 unspecified atom stereocenters. The van der Waals surface area contributed by atoms with Crippen molar-refractivity contribution < 1.29 is 80.6 Å². The van der Waals surface area contributed by atoms with E-state index in [4.69, 9.17) is 75.8 Å². The molecule has 0 saturated carbocycles. The number of unbranched alkanes of at least 4 members (excludes halogenated alkanes) is 36. The highest BCUT2D eigenvalue weighted by molar-refractivity contribution is 5.90. The number of hydrogen-bond donors (Lipinski definition) is 0. The van der Waals surface area contributed by atoms with Gasteiger partial charge in [0.05, 0.1) is 71.6 Å². The molecule has 0 N–H and O–H groups in total. The van der Waals surface area contributed by atoms with Gasteiger partial charge in [-0.15, -0.1) is 0 Å². The van der Waals surface area contributed by atoms with Crippen LogP contribution in [0.2, 0.25) is 0 Å². The van der Waals surface area contributed by atoms with Crippen LogP contribution in [0, 0.1) is 0 Å². The zero-order valence-electron chi connectivity index (χ0n) is 79.3. The fourth-order valence-corrected chi connectivity index (χ4v) is 15.5. The maximum Gasteiger partial charge on any atom is 0.338 e. The second-order valence-electron chi connectivity index (χ2n) is 34.6. The normalized spacial score (nSPS) is 12.5. The molecule has 0 aliphatic carbocycles. The summed E-state index contributed by atoms with van der Waals surface area (Å²) in [5.41, 5.74) is 6.43. The number of rotatable bonds is 69. The van der Waals surface area contributed by atoms with E-state index >= 15 is 0 Å². The summed E-state index contributed by atoms with van der Waals surface area (Å²) < 4.78 is 100. The van der Waals surface area contributed by atoms with Crippen molar-refractivity contribution in [3.05, 3.63) is 214 Å². The summed E-state index contributed by atoms with van der Waals surface area (Å²) in [6, 6.07) is 54.9. The predicted molar refractivity (Wildman–Crippen MR) is 519 cm³/mol. The fourth-order valence-electron chi connectivity index (χ4n) is 15.5. The van der Waals surface area contributed by atoms with Crippen LogP contribution in [0.4, 0.5) is 0 Å². The number of carbonyl (C=O) groups is 1. The maximum absolute atomic E-state index is 14.6. The standard InChI is InChI=1S/C112H158O17/c1-5-9-13-17-21-25-29-33-37-41-67-117-100-56-45-92(46-57-100)85-125-107-65-54-96(80-110(107)127-87-94-49-60-102(61-50-94)119-69-43-39-35-31-27-23-19-15-11-7-3)89-123-104-82-99(112(113)129-91-98-53-64-106-109(79-98)122-78-76-116-74-72-114-71-73-115-75-77-121-106)83-105(84-104)124-90-97-55-66-108(126-86-93-47-58-101(59-48-93)118-68-42-38-34-30-26-22-18-14-10-6-2)111(81-97)128-88-95-51-62-103(63-52-95)120-70-44-40-36-32-28-24-20-16-12-8-4/h45-66,79-84H,5-44,67-78,85-91H2,1-4H3. The Morgan fingerprint density at radius 1 is 0.217 bits per heavy atom. The smallest absolute Gasteiger partial charge is 0.338 e. The Kier molecular flexibility index (Phi) is 53.7. The van der Waals surface area contributed by atoms with Crippen LogP contribution in [0.25, 0.3) is 0 Å². The van der Waals surface area contributed by atoms with Crippen molar-refractivity contribution in [2.45, 2.75) is 331 Å². The fraction of sp³-hybridized carbons (Fsp3) is 0.562. The van der Waals surface area contributed by atoms with Crippen molar-refractivity contribution in [2.24, 2.45) is 0 Å². The Bertz CT molecular complexity index is 3950. The van der Waals surface area contributed by atoms with Gasteiger partial charge in [-0.1, -0.05) is 326 Å². The number of ether oxygens (including phenoxy) is 16. The molecular weight excluding hydrogens is 1620 g/mol. The second kappa shape index (κ2) is 67.0. The second-order valence-corrected chi connectivity index (χ2v) is 34.6. The average molecular weight is 1780 g/mol. The molecule has 0 atom stereocenters. The van der Waals surface area contributed by atoms with Gasteiger partial charge >= 0.3 is 5.97 Å². The third-order valence-corrected chi connectivity index (χ3v) is 23.4. The van der Waals surface area contributed by atoms with Crippen LogP contribution >= 0.6 is 0 Å². The van der Waals surface area contributed by atoms with Crippen molar-refractivity contribution in [3.63, 3.8) is 0 Å². The summed E-state index contributed by atoms with van der Waals surface area (Å²) >= 11 is 0. The van der Waals surface area contributed by atoms with E-state index < -0.39 is 5.97 Å². The van der Waals surface area contributed by atoms with E-state index in [-0.39, 0.29) is 45.2 Å². The van der Waals surface area contributed by atoms with Gasteiger partial charge in [0, 0.05) is 6.07 Å². The Hall–Kier alpha value is -9.29. The summed E-state index contributed by atoms with van der Waals surface area (Å²) in [5, 5.41) is 0. The molecule has 0 aromatic heterocycles. The van der Waals surface area contributed by atoms with Crippen LogP contribution in [-0.2, 0) is 65.2 Å². The van der Waals surface area contributed by atoms with Gasteiger partial charge in [0.25, 0.3) is 0 Å². The van der Waals surface area contributed by atoms with Crippen molar-refractivity contribution in [3.8, 4) is 69.0 Å². The first-order chi connectivity index (χ1) is 63.8. The largest absolute Gasteiger partial charge is 0.494 e. The minimum Gasteiger partial charge on any atom is -0.494 e. The third kappa shape index (κ3) is 45.4. The van der Waals surface area contributed by atoms with Crippen molar-refractivity contribution >= 4 is 5.97 Å². The quantitative estimate of drug-likeness (QED) is 0.0261. The lowest BCUT2D eigenvalue weighted by atomic mass is 10.1. The molecule has 129 heavy (non-hydrogen) atoms. The summed E-state index contributed by atoms with van der Waals surface area (Å²) in [6.45, 7) is 16.2. The van der Waals surface area contributed by atoms with Crippen LogP contribution in [0.5, 0.6) is 69.0 Å². The van der Waals surface area contributed by atoms with Gasteiger partial charge in [-0.05, 0) is 162 Å². The first-order valence-electron chi connectivity index (χ1n) is 50.1. The molecule has 8 aromatic carbocycles. The lowest BCUT2D eigenvalue weighted by Crippen LogP contribution is -2.13. The molecule has 17 heteroatoms. The van der Waals surface area contributed by atoms with Crippen LogP contribution < -0.4 is 56.8 Å². The maximum atomic E-state index is 14.6. The summed E-state index contributed by atoms with van der Waals surface area (Å²) in [6.07, 6.45) is 51.2. The summed E-state index contributed by atoms with van der Waals surface area (Å²) in [5.74, 6) is 6.79. The molecular formula is C112H158O17. The molecule has 0 fully saturated rings.